The van der Waals surface area contributed by atoms with Crippen LogP contribution in [0.3, 0.4) is 0 Å². The van der Waals surface area contributed by atoms with Crippen LogP contribution in [0.2, 0.25) is 0 Å². The summed E-state index contributed by atoms with van der Waals surface area (Å²) in [6, 6.07) is 2.46. The Morgan fingerprint density at radius 3 is 2.56 bits per heavy atom. The van der Waals surface area contributed by atoms with Gasteiger partial charge in [0.1, 0.15) is 5.82 Å². The summed E-state index contributed by atoms with van der Waals surface area (Å²) in [6.07, 6.45) is 0. The van der Waals surface area contributed by atoms with Crippen LogP contribution in [0.1, 0.15) is 0 Å². The Morgan fingerprint density at radius 1 is 1.25 bits per heavy atom. The minimum atomic E-state index is -0.610. The average Bonchev–Trinajstić information content (AvgIpc) is 2.18. The third-order valence-corrected chi connectivity index (χ3v) is 2.10. The van der Waals surface area contributed by atoms with Gasteiger partial charge in [-0.05, 0) is 12.1 Å². The molecule has 0 aliphatic heterocycles. The second-order valence-electron chi connectivity index (χ2n) is 3.04. The van der Waals surface area contributed by atoms with Gasteiger partial charge in [0.05, 0.1) is 16.6 Å². The van der Waals surface area contributed by atoms with E-state index in [2.05, 4.69) is 10.3 Å². The molecule has 1 aromatic heterocycles. The molecular formula is C9H8FKN3O2. The topological polar surface area (TPSA) is 77.8 Å². The van der Waals surface area contributed by atoms with Gasteiger partial charge < -0.3 is 10.3 Å². The third kappa shape index (κ3) is 2.43. The molecule has 3 N–H and O–H groups in total. The summed E-state index contributed by atoms with van der Waals surface area (Å²) in [7, 11) is 1.55. The monoisotopic (exact) mass is 248 g/mol. The first-order valence-electron chi connectivity index (χ1n) is 4.25. The quantitative estimate of drug-likeness (QED) is 0.622. The first-order chi connectivity index (χ1) is 7.11. The number of nitrogens with one attached hydrogen (secondary N) is 3. The van der Waals surface area contributed by atoms with Crippen molar-refractivity contribution in [2.45, 2.75) is 0 Å². The van der Waals surface area contributed by atoms with E-state index in [0.717, 1.165) is 6.07 Å². The van der Waals surface area contributed by atoms with Gasteiger partial charge in [0.2, 0.25) is 0 Å². The predicted molar refractivity (Wildman–Crippen MR) is 60.4 cm³/mol. The Morgan fingerprint density at radius 2 is 1.94 bits per heavy atom. The molecule has 7 heteroatoms. The third-order valence-electron chi connectivity index (χ3n) is 2.10. The van der Waals surface area contributed by atoms with Gasteiger partial charge in [-0.2, -0.15) is 0 Å². The standard InChI is InChI=1S/C9H8FN3O2.K/c1-11-7-3-6-4(2-5(7)10)8(14)13-9(15)12-6;/h2-3,11H,1H3,(H2,12,13,14,15);. The molecule has 1 aromatic carbocycles. The minimum Gasteiger partial charge on any atom is -0.386 e. The molecule has 0 atom stereocenters. The maximum atomic E-state index is 13.3. The number of hydrogen-bond acceptors (Lipinski definition) is 3. The molecule has 0 aliphatic carbocycles. The summed E-state index contributed by atoms with van der Waals surface area (Å²) < 4.78 is 13.3. The van der Waals surface area contributed by atoms with E-state index in [4.69, 9.17) is 0 Å². The molecule has 1 radical (unpaired) electrons. The van der Waals surface area contributed by atoms with E-state index < -0.39 is 17.1 Å². The molecule has 0 aliphatic rings. The number of aromatic nitrogens is 2. The SMILES string of the molecule is CNc1cc2[nH]c(=O)[nH]c(=O)c2cc1F.[K]. The van der Waals surface area contributed by atoms with E-state index in [-0.39, 0.29) is 62.5 Å². The largest absolute Gasteiger partial charge is 0.386 e. The number of anilines is 1. The van der Waals surface area contributed by atoms with E-state index in [1.165, 1.54) is 6.07 Å². The van der Waals surface area contributed by atoms with Gasteiger partial charge in [0.15, 0.2) is 0 Å². The van der Waals surface area contributed by atoms with Crippen LogP contribution in [-0.4, -0.2) is 68.4 Å². The van der Waals surface area contributed by atoms with E-state index in [9.17, 15) is 14.0 Å². The second-order valence-corrected chi connectivity index (χ2v) is 3.04. The summed E-state index contributed by atoms with van der Waals surface area (Å²) >= 11 is 0. The number of H-pyrrole nitrogens is 2. The average molecular weight is 248 g/mol. The van der Waals surface area contributed by atoms with Crippen molar-refractivity contribution in [2.24, 2.45) is 0 Å². The van der Waals surface area contributed by atoms with Crippen LogP contribution in [-0.2, 0) is 0 Å². The van der Waals surface area contributed by atoms with Gasteiger partial charge in [-0.1, -0.05) is 0 Å². The number of aromatic amines is 2. The zero-order valence-electron chi connectivity index (χ0n) is 8.85. The fraction of sp³-hybridized carbons (Fsp3) is 0.111. The zero-order chi connectivity index (χ0) is 11.0. The number of rotatable bonds is 1. The summed E-state index contributed by atoms with van der Waals surface area (Å²) in [5.74, 6) is -0.539. The summed E-state index contributed by atoms with van der Waals surface area (Å²) in [6.45, 7) is 0. The van der Waals surface area contributed by atoms with Crippen LogP contribution < -0.4 is 16.6 Å². The molecule has 1 heterocycles. The van der Waals surface area contributed by atoms with E-state index in [0.29, 0.717) is 5.52 Å². The molecule has 0 unspecified atom stereocenters. The van der Waals surface area contributed by atoms with Crippen molar-refractivity contribution in [1.82, 2.24) is 9.97 Å². The summed E-state index contributed by atoms with van der Waals surface area (Å²) in [4.78, 5) is 26.7. The number of fused-ring (bicyclic) bond motifs is 1. The van der Waals surface area contributed by atoms with Crippen LogP contribution in [0.15, 0.2) is 21.7 Å². The molecule has 0 bridgehead atoms. The molecule has 79 valence electrons. The first-order valence-corrected chi connectivity index (χ1v) is 4.25. The van der Waals surface area contributed by atoms with Crippen molar-refractivity contribution in [2.75, 3.05) is 12.4 Å². The molecule has 0 fully saturated rings. The minimum absolute atomic E-state index is 0. The Bertz CT molecular complexity index is 635. The van der Waals surface area contributed by atoms with Gasteiger partial charge in [-0.15, -0.1) is 0 Å². The molecule has 0 saturated heterocycles. The summed E-state index contributed by atoms with van der Waals surface area (Å²) in [5, 5.41) is 2.73. The number of hydrogen-bond donors (Lipinski definition) is 3. The second kappa shape index (κ2) is 5.24. The number of benzene rings is 1. The Hall–Kier alpha value is -0.474. The molecular weight excluding hydrogens is 240 g/mol. The molecule has 5 nitrogen and oxygen atoms in total. The Balaban J connectivity index is 0.00000128. The summed E-state index contributed by atoms with van der Waals surface area (Å²) in [5.41, 5.74) is -0.685. The molecule has 16 heavy (non-hydrogen) atoms. The predicted octanol–water partition coefficient (Wildman–Crippen LogP) is 0.0164. The van der Waals surface area contributed by atoms with Crippen molar-refractivity contribution in [3.63, 3.8) is 0 Å². The zero-order valence-corrected chi connectivity index (χ0v) is 12.0. The van der Waals surface area contributed by atoms with Crippen LogP contribution in [0.25, 0.3) is 10.9 Å². The Kier molecular flexibility index (Phi) is 4.45. The van der Waals surface area contributed by atoms with Crippen LogP contribution in [0, 0.1) is 5.82 Å². The fourth-order valence-corrected chi connectivity index (χ4v) is 1.38. The van der Waals surface area contributed by atoms with Gasteiger partial charge in [0, 0.05) is 58.4 Å². The van der Waals surface area contributed by atoms with Gasteiger partial charge in [0.25, 0.3) is 5.56 Å². The number of halogens is 1. The molecule has 0 spiro atoms. The Labute approximate surface area is 132 Å². The fourth-order valence-electron chi connectivity index (χ4n) is 1.38. The maximum Gasteiger partial charge on any atom is 0.326 e. The van der Waals surface area contributed by atoms with Crippen LogP contribution in [0.5, 0.6) is 0 Å². The van der Waals surface area contributed by atoms with E-state index in [1.807, 2.05) is 4.98 Å². The maximum absolute atomic E-state index is 13.3. The molecule has 0 amide bonds. The van der Waals surface area contributed by atoms with Crippen molar-refractivity contribution >= 4 is 68.0 Å². The van der Waals surface area contributed by atoms with Crippen LogP contribution in [0.4, 0.5) is 10.1 Å². The van der Waals surface area contributed by atoms with Crippen molar-refractivity contribution in [3.8, 4) is 0 Å². The van der Waals surface area contributed by atoms with Crippen molar-refractivity contribution in [1.29, 1.82) is 0 Å². The van der Waals surface area contributed by atoms with Crippen molar-refractivity contribution < 1.29 is 4.39 Å². The smallest absolute Gasteiger partial charge is 0.326 e. The first kappa shape index (κ1) is 13.6. The normalized spacial score (nSPS) is 9.88. The van der Waals surface area contributed by atoms with Crippen LogP contribution >= 0.6 is 0 Å². The van der Waals surface area contributed by atoms with Gasteiger partial charge in [-0.25, -0.2) is 9.18 Å². The van der Waals surface area contributed by atoms with E-state index >= 15 is 0 Å². The van der Waals surface area contributed by atoms with E-state index in [1.54, 1.807) is 7.05 Å². The van der Waals surface area contributed by atoms with Gasteiger partial charge in [-0.3, -0.25) is 9.78 Å². The van der Waals surface area contributed by atoms with Crippen molar-refractivity contribution in [3.05, 3.63) is 38.8 Å². The molecule has 0 saturated carbocycles. The molecule has 2 aromatic rings. The van der Waals surface area contributed by atoms with Gasteiger partial charge >= 0.3 is 5.69 Å². The molecule has 2 rings (SSSR count).